The quantitative estimate of drug-likeness (QED) is 0.116. The Balaban J connectivity index is 1.34. The number of rotatable bonds is 6. The zero-order valence-corrected chi connectivity index (χ0v) is 21.7. The number of thiocarbonyl (C=S) groups is 1. The van der Waals surface area contributed by atoms with Crippen LogP contribution in [0.3, 0.4) is 0 Å². The first kappa shape index (κ1) is 24.0. The molecule has 0 radical (unpaired) electrons. The van der Waals surface area contributed by atoms with Crippen molar-refractivity contribution in [2.75, 3.05) is 6.54 Å². The van der Waals surface area contributed by atoms with E-state index in [2.05, 4.69) is 0 Å². The van der Waals surface area contributed by atoms with Crippen molar-refractivity contribution in [1.29, 1.82) is 0 Å². The molecule has 11 heteroatoms. The highest BCUT2D eigenvalue weighted by Gasteiger charge is 2.32. The predicted octanol–water partition coefficient (Wildman–Crippen LogP) is 6.43. The molecular weight excluding hydrogens is 546 g/mol. The average Bonchev–Trinajstić information content (AvgIpc) is 3.53. The lowest BCUT2D eigenvalue weighted by Crippen LogP contribution is -2.31. The second-order valence-electron chi connectivity index (χ2n) is 7.30. The van der Waals surface area contributed by atoms with Crippen molar-refractivity contribution in [3.05, 3.63) is 78.4 Å². The molecule has 0 atom stereocenters. The van der Waals surface area contributed by atoms with E-state index in [1.165, 1.54) is 28.0 Å². The molecule has 2 aromatic carbocycles. The van der Waals surface area contributed by atoms with Crippen LogP contribution in [0.15, 0.2) is 68.0 Å². The van der Waals surface area contributed by atoms with Crippen LogP contribution in [0.4, 0.5) is 0 Å². The standard InChI is InChI=1S/C24H14ClNO5S4/c25-14-5-3-13(4-6-14)20-16(7-8-17-21(20)35-24(29)31-17)30-19(27)9-10-26-22(28)18(34-23(26)32)12-15-2-1-11-33-15/h1-8,11-12H,9-10H2. The van der Waals surface area contributed by atoms with Gasteiger partial charge in [-0.05, 0) is 47.4 Å². The molecule has 1 saturated heterocycles. The molecule has 4 aromatic rings. The monoisotopic (exact) mass is 559 g/mol. The summed E-state index contributed by atoms with van der Waals surface area (Å²) < 4.78 is 11.9. The third-order valence-electron chi connectivity index (χ3n) is 5.05. The highest BCUT2D eigenvalue weighted by atomic mass is 35.5. The molecule has 35 heavy (non-hydrogen) atoms. The Kier molecular flexibility index (Phi) is 6.90. The maximum absolute atomic E-state index is 12.8. The van der Waals surface area contributed by atoms with E-state index >= 15 is 0 Å². The smallest absolute Gasteiger partial charge is 0.396 e. The lowest BCUT2D eigenvalue weighted by atomic mass is 10.0. The fraction of sp³-hybridized carbons (Fsp3) is 0.0833. The van der Waals surface area contributed by atoms with Gasteiger partial charge in [-0.15, -0.1) is 11.3 Å². The van der Waals surface area contributed by atoms with E-state index in [4.69, 9.17) is 33.0 Å². The number of thioether (sulfide) groups is 1. The lowest BCUT2D eigenvalue weighted by molar-refractivity contribution is -0.134. The topological polar surface area (TPSA) is 76.8 Å². The van der Waals surface area contributed by atoms with Gasteiger partial charge in [0.15, 0.2) is 0 Å². The predicted molar refractivity (Wildman–Crippen MR) is 145 cm³/mol. The zero-order chi connectivity index (χ0) is 24.5. The van der Waals surface area contributed by atoms with Crippen LogP contribution in [-0.2, 0) is 9.59 Å². The fourth-order valence-corrected chi connectivity index (χ4v) is 6.45. The molecule has 0 N–H and O–H groups in total. The minimum Gasteiger partial charge on any atom is -0.426 e. The zero-order valence-electron chi connectivity index (χ0n) is 17.7. The molecule has 0 spiro atoms. The second-order valence-corrected chi connectivity index (χ2v) is 11.3. The van der Waals surface area contributed by atoms with Crippen LogP contribution < -0.4 is 9.68 Å². The summed E-state index contributed by atoms with van der Waals surface area (Å²) in [7, 11) is 0. The number of hydrogen-bond acceptors (Lipinski definition) is 9. The maximum atomic E-state index is 12.8. The van der Waals surface area contributed by atoms with Gasteiger partial charge in [-0.25, -0.2) is 4.79 Å². The van der Waals surface area contributed by atoms with Crippen LogP contribution in [0.2, 0.25) is 5.02 Å². The van der Waals surface area contributed by atoms with Crippen molar-refractivity contribution < 1.29 is 18.7 Å². The van der Waals surface area contributed by atoms with E-state index in [-0.39, 0.29) is 24.6 Å². The molecular formula is C24H14ClNO5S4. The number of esters is 1. The summed E-state index contributed by atoms with van der Waals surface area (Å²) >= 11 is 15.0. The van der Waals surface area contributed by atoms with Crippen LogP contribution in [0, 0.1) is 0 Å². The number of fused-ring (bicyclic) bond motifs is 1. The second kappa shape index (κ2) is 10.1. The van der Waals surface area contributed by atoms with Crippen molar-refractivity contribution in [3.63, 3.8) is 0 Å². The molecule has 0 aliphatic carbocycles. The molecule has 1 aliphatic rings. The number of carbonyl (C=O) groups excluding carboxylic acids is 2. The lowest BCUT2D eigenvalue weighted by Gasteiger charge is -2.15. The van der Waals surface area contributed by atoms with Crippen molar-refractivity contribution in [2.45, 2.75) is 6.42 Å². The van der Waals surface area contributed by atoms with E-state index in [0.29, 0.717) is 30.1 Å². The van der Waals surface area contributed by atoms with E-state index in [0.717, 1.165) is 21.8 Å². The maximum Gasteiger partial charge on any atom is 0.396 e. The number of thiophene rings is 1. The van der Waals surface area contributed by atoms with Crippen LogP contribution in [-0.4, -0.2) is 27.6 Å². The van der Waals surface area contributed by atoms with Gasteiger partial charge in [-0.1, -0.05) is 65.1 Å². The fourth-order valence-electron chi connectivity index (χ4n) is 3.47. The highest BCUT2D eigenvalue weighted by molar-refractivity contribution is 8.26. The number of hydrogen-bond donors (Lipinski definition) is 0. The van der Waals surface area contributed by atoms with Gasteiger partial charge in [0, 0.05) is 22.0 Å². The summed E-state index contributed by atoms with van der Waals surface area (Å²) in [6.45, 7) is 0.100. The molecule has 1 amide bonds. The van der Waals surface area contributed by atoms with Crippen molar-refractivity contribution >= 4 is 90.8 Å². The van der Waals surface area contributed by atoms with E-state index in [1.807, 2.05) is 17.5 Å². The SMILES string of the molecule is O=C(CCN1C(=O)C(=Cc2cccs2)SC1=S)Oc1ccc2oc(=O)sc2c1-c1ccc(Cl)cc1. The van der Waals surface area contributed by atoms with E-state index in [1.54, 1.807) is 42.5 Å². The number of carbonyl (C=O) groups is 2. The summed E-state index contributed by atoms with van der Waals surface area (Å²) in [4.78, 5) is 39.9. The molecule has 0 saturated carbocycles. The molecule has 0 bridgehead atoms. The first-order valence-electron chi connectivity index (χ1n) is 10.2. The Bertz CT molecular complexity index is 1540. The van der Waals surface area contributed by atoms with Crippen molar-refractivity contribution in [3.8, 4) is 16.9 Å². The molecule has 176 valence electrons. The van der Waals surface area contributed by atoms with Gasteiger partial charge in [0.1, 0.15) is 15.7 Å². The van der Waals surface area contributed by atoms with Gasteiger partial charge < -0.3 is 9.15 Å². The minimum absolute atomic E-state index is 0.0571. The minimum atomic E-state index is -0.535. The summed E-state index contributed by atoms with van der Waals surface area (Å²) in [6.07, 6.45) is 1.74. The van der Waals surface area contributed by atoms with Crippen LogP contribution in [0.25, 0.3) is 27.5 Å². The normalized spacial score (nSPS) is 14.9. The van der Waals surface area contributed by atoms with Crippen molar-refractivity contribution in [1.82, 2.24) is 4.90 Å². The first-order chi connectivity index (χ1) is 16.9. The van der Waals surface area contributed by atoms with Gasteiger partial charge >= 0.3 is 10.9 Å². The van der Waals surface area contributed by atoms with Gasteiger partial charge in [-0.2, -0.15) is 0 Å². The largest absolute Gasteiger partial charge is 0.426 e. The number of nitrogens with zero attached hydrogens (tertiary/aromatic N) is 1. The summed E-state index contributed by atoms with van der Waals surface area (Å²) in [5.74, 6) is -0.482. The number of halogens is 1. The van der Waals surface area contributed by atoms with Crippen LogP contribution >= 0.6 is 58.3 Å². The number of ether oxygens (including phenoxy) is 1. The molecule has 0 unspecified atom stereocenters. The average molecular weight is 560 g/mol. The highest BCUT2D eigenvalue weighted by Crippen LogP contribution is 2.39. The number of amides is 1. The first-order valence-corrected chi connectivity index (χ1v) is 13.5. The van der Waals surface area contributed by atoms with Gasteiger partial charge in [0.05, 0.1) is 16.0 Å². The summed E-state index contributed by atoms with van der Waals surface area (Å²) in [6, 6.07) is 14.0. The Labute approximate surface area is 221 Å². The summed E-state index contributed by atoms with van der Waals surface area (Å²) in [5.41, 5.74) is 1.68. The molecule has 2 aromatic heterocycles. The third-order valence-corrected chi connectivity index (χ3v) is 8.36. The number of benzene rings is 2. The van der Waals surface area contributed by atoms with Gasteiger partial charge in [0.2, 0.25) is 0 Å². The van der Waals surface area contributed by atoms with E-state index < -0.39 is 10.9 Å². The van der Waals surface area contributed by atoms with Crippen LogP contribution in [0.5, 0.6) is 5.75 Å². The van der Waals surface area contributed by atoms with E-state index in [9.17, 15) is 14.4 Å². The summed E-state index contributed by atoms with van der Waals surface area (Å²) in [5, 5.41) is 2.48. The Morgan fingerprint density at radius 2 is 1.94 bits per heavy atom. The Hall–Kier alpha value is -2.76. The molecule has 5 rings (SSSR count). The Morgan fingerprint density at radius 3 is 2.69 bits per heavy atom. The van der Waals surface area contributed by atoms with Crippen LogP contribution in [0.1, 0.15) is 11.3 Å². The molecule has 1 aliphatic heterocycles. The Morgan fingerprint density at radius 1 is 1.14 bits per heavy atom. The molecule has 3 heterocycles. The van der Waals surface area contributed by atoms with Crippen molar-refractivity contribution in [2.24, 2.45) is 0 Å². The van der Waals surface area contributed by atoms with Gasteiger partial charge in [0.25, 0.3) is 5.91 Å². The molecule has 6 nitrogen and oxygen atoms in total. The molecule has 1 fully saturated rings. The van der Waals surface area contributed by atoms with Gasteiger partial charge in [-0.3, -0.25) is 14.5 Å². The third kappa shape index (κ3) is 5.12.